The van der Waals surface area contributed by atoms with E-state index in [2.05, 4.69) is 10.3 Å². The smallest absolute Gasteiger partial charge is 0.150 e. The largest absolute Gasteiger partial charge is 0.303 e. The maximum Gasteiger partial charge on any atom is 0.150 e. The predicted octanol–water partition coefficient (Wildman–Crippen LogP) is 1.30. The predicted molar refractivity (Wildman–Crippen MR) is 67.8 cm³/mol. The molecule has 2 aliphatic rings. The number of nitrogens with zero attached hydrogens (tertiary/aromatic N) is 1. The van der Waals surface area contributed by atoms with Crippen LogP contribution in [0.15, 0.2) is 11.6 Å². The topological polar surface area (TPSA) is 59.1 Å². The summed E-state index contributed by atoms with van der Waals surface area (Å²) >= 11 is 1.63. The highest BCUT2D eigenvalue weighted by molar-refractivity contribution is 7.91. The second-order valence-corrected chi connectivity index (χ2v) is 8.19. The van der Waals surface area contributed by atoms with Gasteiger partial charge in [-0.3, -0.25) is 0 Å². The Labute approximate surface area is 105 Å². The molecule has 1 aromatic rings. The van der Waals surface area contributed by atoms with Gasteiger partial charge in [0.2, 0.25) is 0 Å². The second-order valence-electron chi connectivity index (χ2n) is 4.99. The van der Waals surface area contributed by atoms with E-state index in [4.69, 9.17) is 0 Å². The van der Waals surface area contributed by atoms with Crippen LogP contribution >= 0.6 is 11.3 Å². The monoisotopic (exact) mass is 272 g/mol. The summed E-state index contributed by atoms with van der Waals surface area (Å²) < 4.78 is 23.1. The summed E-state index contributed by atoms with van der Waals surface area (Å²) in [7, 11) is -2.82. The molecule has 94 valence electrons. The second kappa shape index (κ2) is 4.03. The van der Waals surface area contributed by atoms with E-state index in [-0.39, 0.29) is 17.0 Å². The van der Waals surface area contributed by atoms with Gasteiger partial charge in [0.25, 0.3) is 0 Å². The molecule has 17 heavy (non-hydrogen) atoms. The van der Waals surface area contributed by atoms with E-state index in [0.29, 0.717) is 18.9 Å². The van der Waals surface area contributed by atoms with Gasteiger partial charge in [-0.2, -0.15) is 0 Å². The van der Waals surface area contributed by atoms with E-state index >= 15 is 0 Å². The van der Waals surface area contributed by atoms with Crippen molar-refractivity contribution in [2.24, 2.45) is 0 Å². The fourth-order valence-corrected chi connectivity index (χ4v) is 4.77. The van der Waals surface area contributed by atoms with E-state index in [0.717, 1.165) is 5.01 Å². The standard InChI is InChI=1S/C11H16N2O2S2/c14-17(15)7-3-11(4-8-17,13-9-1-2-9)10-12-5-6-16-10/h5-6,9,13H,1-4,7-8H2. The van der Waals surface area contributed by atoms with Gasteiger partial charge in [-0.25, -0.2) is 13.4 Å². The maximum absolute atomic E-state index is 11.6. The molecule has 0 atom stereocenters. The molecule has 0 bridgehead atoms. The summed E-state index contributed by atoms with van der Waals surface area (Å²) in [6.45, 7) is 0. The minimum absolute atomic E-state index is 0.180. The molecule has 1 saturated heterocycles. The Balaban J connectivity index is 1.87. The molecule has 0 amide bonds. The number of rotatable bonds is 3. The van der Waals surface area contributed by atoms with Crippen LogP contribution in [0.5, 0.6) is 0 Å². The zero-order valence-corrected chi connectivity index (χ0v) is 11.2. The van der Waals surface area contributed by atoms with Crippen LogP contribution in [0.2, 0.25) is 0 Å². The number of thiazole rings is 1. The van der Waals surface area contributed by atoms with Gasteiger partial charge in [0.05, 0.1) is 17.0 Å². The van der Waals surface area contributed by atoms with Crippen molar-refractivity contribution in [2.45, 2.75) is 37.3 Å². The Kier molecular flexibility index (Phi) is 2.76. The van der Waals surface area contributed by atoms with Crippen molar-refractivity contribution in [1.82, 2.24) is 10.3 Å². The maximum atomic E-state index is 11.6. The van der Waals surface area contributed by atoms with Crippen LogP contribution in [0.25, 0.3) is 0 Å². The summed E-state index contributed by atoms with van der Waals surface area (Å²) in [5.41, 5.74) is -0.180. The molecule has 1 aliphatic carbocycles. The van der Waals surface area contributed by atoms with Crippen molar-refractivity contribution < 1.29 is 8.42 Å². The normalized spacial score (nSPS) is 26.8. The zero-order chi connectivity index (χ0) is 11.9. The number of sulfone groups is 1. The quantitative estimate of drug-likeness (QED) is 0.901. The van der Waals surface area contributed by atoms with E-state index in [1.807, 2.05) is 5.38 Å². The molecule has 6 heteroatoms. The van der Waals surface area contributed by atoms with E-state index in [1.165, 1.54) is 12.8 Å². The minimum Gasteiger partial charge on any atom is -0.303 e. The third-order valence-electron chi connectivity index (χ3n) is 3.58. The van der Waals surface area contributed by atoms with Crippen LogP contribution in [0.3, 0.4) is 0 Å². The third-order valence-corrected chi connectivity index (χ3v) is 6.21. The molecule has 1 N–H and O–H groups in total. The lowest BCUT2D eigenvalue weighted by molar-refractivity contribution is 0.295. The van der Waals surface area contributed by atoms with Crippen molar-refractivity contribution in [3.05, 3.63) is 16.6 Å². The molecule has 3 rings (SSSR count). The molecule has 2 fully saturated rings. The molecule has 0 spiro atoms. The summed E-state index contributed by atoms with van der Waals surface area (Å²) in [4.78, 5) is 4.40. The fraction of sp³-hybridized carbons (Fsp3) is 0.727. The van der Waals surface area contributed by atoms with Crippen LogP contribution in [0.4, 0.5) is 0 Å². The summed E-state index contributed by atoms with van der Waals surface area (Å²) in [5.74, 6) is 0.568. The molecule has 1 aromatic heterocycles. The average Bonchev–Trinajstić information content (AvgIpc) is 2.93. The lowest BCUT2D eigenvalue weighted by atomic mass is 9.92. The van der Waals surface area contributed by atoms with Gasteiger partial charge in [-0.05, 0) is 25.7 Å². The van der Waals surface area contributed by atoms with Gasteiger partial charge in [0, 0.05) is 17.6 Å². The van der Waals surface area contributed by atoms with Crippen LogP contribution in [0, 0.1) is 0 Å². The molecule has 2 heterocycles. The molecule has 0 radical (unpaired) electrons. The molecule has 1 aliphatic heterocycles. The zero-order valence-electron chi connectivity index (χ0n) is 9.55. The Morgan fingerprint density at radius 3 is 2.59 bits per heavy atom. The van der Waals surface area contributed by atoms with Crippen LogP contribution in [0.1, 0.15) is 30.7 Å². The van der Waals surface area contributed by atoms with Crippen LogP contribution in [-0.2, 0) is 15.4 Å². The summed E-state index contributed by atoms with van der Waals surface area (Å²) in [5, 5.41) is 6.65. The Morgan fingerprint density at radius 1 is 1.35 bits per heavy atom. The highest BCUT2D eigenvalue weighted by Gasteiger charge is 2.43. The Bertz CT molecular complexity index is 478. The molecule has 0 aromatic carbocycles. The highest BCUT2D eigenvalue weighted by Crippen LogP contribution is 2.38. The number of aromatic nitrogens is 1. The Morgan fingerprint density at radius 2 is 2.06 bits per heavy atom. The van der Waals surface area contributed by atoms with E-state index in [9.17, 15) is 8.42 Å². The number of hydrogen-bond acceptors (Lipinski definition) is 5. The minimum atomic E-state index is -2.82. The first-order chi connectivity index (χ1) is 8.10. The van der Waals surface area contributed by atoms with Gasteiger partial charge in [-0.15, -0.1) is 11.3 Å². The highest BCUT2D eigenvalue weighted by atomic mass is 32.2. The number of hydrogen-bond donors (Lipinski definition) is 1. The van der Waals surface area contributed by atoms with Gasteiger partial charge in [-0.1, -0.05) is 0 Å². The first kappa shape index (κ1) is 11.6. The van der Waals surface area contributed by atoms with Crippen LogP contribution < -0.4 is 5.32 Å². The van der Waals surface area contributed by atoms with Crippen molar-refractivity contribution in [3.8, 4) is 0 Å². The van der Waals surface area contributed by atoms with E-state index < -0.39 is 9.84 Å². The number of nitrogens with one attached hydrogen (secondary N) is 1. The first-order valence-electron chi connectivity index (χ1n) is 5.98. The van der Waals surface area contributed by atoms with E-state index in [1.54, 1.807) is 17.5 Å². The van der Waals surface area contributed by atoms with Crippen molar-refractivity contribution in [3.63, 3.8) is 0 Å². The first-order valence-corrected chi connectivity index (χ1v) is 8.68. The molecular formula is C11H16N2O2S2. The summed E-state index contributed by atoms with van der Waals surface area (Å²) in [6.07, 6.45) is 5.55. The molecular weight excluding hydrogens is 256 g/mol. The van der Waals surface area contributed by atoms with Crippen molar-refractivity contribution >= 4 is 21.2 Å². The third kappa shape index (κ3) is 2.39. The molecule has 0 unspecified atom stereocenters. The van der Waals surface area contributed by atoms with Crippen molar-refractivity contribution in [1.29, 1.82) is 0 Å². The van der Waals surface area contributed by atoms with Gasteiger partial charge >= 0.3 is 0 Å². The molecule has 4 nitrogen and oxygen atoms in total. The summed E-state index contributed by atoms with van der Waals surface area (Å²) in [6, 6.07) is 0.569. The van der Waals surface area contributed by atoms with Gasteiger partial charge in [0.1, 0.15) is 14.8 Å². The fourth-order valence-electron chi connectivity index (χ4n) is 2.38. The Hall–Kier alpha value is -0.460. The van der Waals surface area contributed by atoms with Crippen molar-refractivity contribution in [2.75, 3.05) is 11.5 Å². The van der Waals surface area contributed by atoms with Gasteiger partial charge < -0.3 is 5.32 Å². The average molecular weight is 272 g/mol. The SMILES string of the molecule is O=S1(=O)CCC(NC2CC2)(c2nccs2)CC1. The molecule has 1 saturated carbocycles. The van der Waals surface area contributed by atoms with Crippen LogP contribution in [-0.4, -0.2) is 30.9 Å². The van der Waals surface area contributed by atoms with Gasteiger partial charge in [0.15, 0.2) is 0 Å². The lowest BCUT2D eigenvalue weighted by Crippen LogP contribution is -2.49. The lowest BCUT2D eigenvalue weighted by Gasteiger charge is -2.36.